The molecule has 1 aliphatic heterocycles. The van der Waals surface area contributed by atoms with E-state index in [2.05, 4.69) is 0 Å². The molecule has 0 N–H and O–H groups in total. The van der Waals surface area contributed by atoms with E-state index in [0.29, 0.717) is 11.3 Å². The number of rotatable bonds is 5. The molecule has 0 saturated carbocycles. The lowest BCUT2D eigenvalue weighted by atomic mass is 10.0. The molecule has 0 bridgehead atoms. The summed E-state index contributed by atoms with van der Waals surface area (Å²) in [6.45, 7) is 1.60. The van der Waals surface area contributed by atoms with Crippen LogP contribution >= 0.6 is 0 Å². The topological polar surface area (TPSA) is 61.8 Å². The molecule has 4 rings (SSSR count). The van der Waals surface area contributed by atoms with Gasteiger partial charge in [0.05, 0.1) is 4.90 Å². The zero-order valence-electron chi connectivity index (χ0n) is 16.0. The molecule has 0 spiro atoms. The molecule has 5 nitrogen and oxygen atoms in total. The van der Waals surface area contributed by atoms with E-state index in [-0.39, 0.29) is 29.4 Å². The van der Waals surface area contributed by atoms with Gasteiger partial charge >= 0.3 is 0 Å². The molecule has 0 aromatic heterocycles. The molecule has 1 aliphatic rings. The molecule has 0 fully saturated rings. The molecule has 0 amide bonds. The van der Waals surface area contributed by atoms with Gasteiger partial charge in [0.15, 0.2) is 17.6 Å². The lowest BCUT2D eigenvalue weighted by Gasteiger charge is -2.28. The van der Waals surface area contributed by atoms with Crippen LogP contribution in [0.2, 0.25) is 0 Å². The molecule has 1 heterocycles. The van der Waals surface area contributed by atoms with Gasteiger partial charge in [0.25, 0.3) is 10.1 Å². The SMILES string of the molecule is Cc1ccc(S(=O)(=O)OCC2COc3cccc(-c4cc(F)ccc4F)c3O2)cc1. The summed E-state index contributed by atoms with van der Waals surface area (Å²) in [6.07, 6.45) is -0.754. The van der Waals surface area contributed by atoms with Crippen LogP contribution in [0, 0.1) is 18.6 Å². The molecule has 30 heavy (non-hydrogen) atoms. The largest absolute Gasteiger partial charge is 0.486 e. The Morgan fingerprint density at radius 1 is 1.03 bits per heavy atom. The second kappa shape index (κ2) is 8.04. The normalized spacial score (nSPS) is 15.8. The monoisotopic (exact) mass is 432 g/mol. The van der Waals surface area contributed by atoms with Gasteiger partial charge < -0.3 is 9.47 Å². The number of hydrogen-bond donors (Lipinski definition) is 0. The Morgan fingerprint density at radius 2 is 1.80 bits per heavy atom. The van der Waals surface area contributed by atoms with Gasteiger partial charge in [-0.15, -0.1) is 0 Å². The fourth-order valence-corrected chi connectivity index (χ4v) is 4.01. The van der Waals surface area contributed by atoms with Crippen LogP contribution in [-0.2, 0) is 14.3 Å². The van der Waals surface area contributed by atoms with Crippen molar-refractivity contribution in [3.8, 4) is 22.6 Å². The number of halogens is 2. The van der Waals surface area contributed by atoms with Crippen molar-refractivity contribution in [3.63, 3.8) is 0 Å². The summed E-state index contributed by atoms with van der Waals surface area (Å²) in [6, 6.07) is 14.2. The molecule has 3 aromatic carbocycles. The first kappa shape index (κ1) is 20.3. The molecular formula is C22H18F2O5S. The molecule has 3 aromatic rings. The lowest BCUT2D eigenvalue weighted by molar-refractivity contribution is 0.0561. The number of hydrogen-bond acceptors (Lipinski definition) is 5. The van der Waals surface area contributed by atoms with Gasteiger partial charge in [-0.2, -0.15) is 8.42 Å². The average Bonchev–Trinajstić information content (AvgIpc) is 2.74. The summed E-state index contributed by atoms with van der Waals surface area (Å²) in [7, 11) is -3.97. The highest BCUT2D eigenvalue weighted by molar-refractivity contribution is 7.86. The quantitative estimate of drug-likeness (QED) is 0.556. The van der Waals surface area contributed by atoms with E-state index in [9.17, 15) is 17.2 Å². The molecule has 0 radical (unpaired) electrons. The van der Waals surface area contributed by atoms with E-state index in [1.165, 1.54) is 12.1 Å². The summed E-state index contributed by atoms with van der Waals surface area (Å²) >= 11 is 0. The first-order valence-corrected chi connectivity index (χ1v) is 10.6. The number of benzene rings is 3. The van der Waals surface area contributed by atoms with Crippen LogP contribution in [0.1, 0.15) is 5.56 Å². The highest BCUT2D eigenvalue weighted by Crippen LogP contribution is 2.42. The number of fused-ring (bicyclic) bond motifs is 1. The molecule has 0 saturated heterocycles. The van der Waals surface area contributed by atoms with Crippen molar-refractivity contribution in [1.82, 2.24) is 0 Å². The van der Waals surface area contributed by atoms with Gasteiger partial charge in [0.2, 0.25) is 0 Å². The maximum Gasteiger partial charge on any atom is 0.297 e. The highest BCUT2D eigenvalue weighted by Gasteiger charge is 2.27. The van der Waals surface area contributed by atoms with E-state index < -0.39 is 27.9 Å². The maximum absolute atomic E-state index is 14.3. The Labute approximate surface area is 173 Å². The Hall–Kier alpha value is -2.97. The van der Waals surface area contributed by atoms with Crippen molar-refractivity contribution in [3.05, 3.63) is 77.9 Å². The fraction of sp³-hybridized carbons (Fsp3) is 0.182. The third-order valence-electron chi connectivity index (χ3n) is 4.63. The summed E-state index contributed by atoms with van der Waals surface area (Å²) in [4.78, 5) is 0.0350. The van der Waals surface area contributed by atoms with Gasteiger partial charge in [-0.25, -0.2) is 8.78 Å². The first-order valence-electron chi connectivity index (χ1n) is 9.17. The van der Waals surface area contributed by atoms with E-state index in [4.69, 9.17) is 13.7 Å². The summed E-state index contributed by atoms with van der Waals surface area (Å²) in [5.74, 6) is -0.651. The van der Waals surface area contributed by atoms with Gasteiger partial charge in [-0.3, -0.25) is 4.18 Å². The van der Waals surface area contributed by atoms with Crippen LogP contribution in [0.4, 0.5) is 8.78 Å². The number of ether oxygens (including phenoxy) is 2. The van der Waals surface area contributed by atoms with E-state index in [1.54, 1.807) is 30.3 Å². The average molecular weight is 432 g/mol. The van der Waals surface area contributed by atoms with Crippen molar-refractivity contribution in [1.29, 1.82) is 0 Å². The van der Waals surface area contributed by atoms with Crippen LogP contribution < -0.4 is 9.47 Å². The Kier molecular flexibility index (Phi) is 5.44. The smallest absolute Gasteiger partial charge is 0.297 e. The van der Waals surface area contributed by atoms with E-state index in [0.717, 1.165) is 23.8 Å². The summed E-state index contributed by atoms with van der Waals surface area (Å²) in [5, 5.41) is 0. The molecule has 8 heteroatoms. The van der Waals surface area contributed by atoms with Gasteiger partial charge in [-0.1, -0.05) is 29.8 Å². The van der Waals surface area contributed by atoms with Crippen molar-refractivity contribution < 1.29 is 30.9 Å². The number of aryl methyl sites for hydroxylation is 1. The second-order valence-corrected chi connectivity index (χ2v) is 8.47. The predicted octanol–water partition coefficient (Wildman–Crippen LogP) is 4.49. The molecule has 0 aliphatic carbocycles. The highest BCUT2D eigenvalue weighted by atomic mass is 32.2. The van der Waals surface area contributed by atoms with Gasteiger partial charge in [-0.05, 0) is 43.3 Å². The van der Waals surface area contributed by atoms with Gasteiger partial charge in [0, 0.05) is 11.1 Å². The van der Waals surface area contributed by atoms with Gasteiger partial charge in [0.1, 0.15) is 24.8 Å². The van der Waals surface area contributed by atoms with Crippen LogP contribution in [0.5, 0.6) is 11.5 Å². The Bertz CT molecular complexity index is 1180. The lowest BCUT2D eigenvalue weighted by Crippen LogP contribution is -2.34. The maximum atomic E-state index is 14.3. The second-order valence-electron chi connectivity index (χ2n) is 6.86. The zero-order chi connectivity index (χ0) is 21.3. The minimum atomic E-state index is -3.97. The van der Waals surface area contributed by atoms with Crippen LogP contribution in [0.15, 0.2) is 65.6 Å². The first-order chi connectivity index (χ1) is 14.3. The van der Waals surface area contributed by atoms with Crippen molar-refractivity contribution in [2.24, 2.45) is 0 Å². The van der Waals surface area contributed by atoms with Crippen molar-refractivity contribution in [2.75, 3.05) is 13.2 Å². The predicted molar refractivity (Wildman–Crippen MR) is 106 cm³/mol. The molecule has 1 atom stereocenters. The zero-order valence-corrected chi connectivity index (χ0v) is 16.8. The van der Waals surface area contributed by atoms with E-state index >= 15 is 0 Å². The third-order valence-corrected chi connectivity index (χ3v) is 5.92. The fourth-order valence-electron chi connectivity index (χ4n) is 3.07. The van der Waals surface area contributed by atoms with Crippen molar-refractivity contribution in [2.45, 2.75) is 17.9 Å². The van der Waals surface area contributed by atoms with Crippen molar-refractivity contribution >= 4 is 10.1 Å². The summed E-state index contributed by atoms with van der Waals surface area (Å²) in [5.41, 5.74) is 1.24. The standard InChI is InChI=1S/C22H18F2O5S/c1-14-5-8-17(9-6-14)30(25,26)28-13-16-12-27-21-4-2-3-18(22(21)29-16)19-11-15(23)7-10-20(19)24/h2-11,16H,12-13H2,1H3. The Morgan fingerprint density at radius 3 is 2.57 bits per heavy atom. The van der Waals surface area contributed by atoms with Crippen LogP contribution in [0.25, 0.3) is 11.1 Å². The molecular weight excluding hydrogens is 414 g/mol. The minimum Gasteiger partial charge on any atom is -0.486 e. The summed E-state index contributed by atoms with van der Waals surface area (Å²) < 4.78 is 69.3. The van der Waals surface area contributed by atoms with Crippen LogP contribution in [0.3, 0.4) is 0 Å². The number of para-hydroxylation sites is 1. The van der Waals surface area contributed by atoms with E-state index in [1.807, 2.05) is 6.92 Å². The minimum absolute atomic E-state index is 0.0179. The van der Waals surface area contributed by atoms with Crippen LogP contribution in [-0.4, -0.2) is 27.7 Å². The Balaban J connectivity index is 1.55. The molecule has 1 unspecified atom stereocenters. The molecule has 156 valence electrons. The third kappa shape index (κ3) is 4.15.